The lowest BCUT2D eigenvalue weighted by Crippen LogP contribution is -2.40. The number of hydrogen-bond acceptors (Lipinski definition) is 9. The largest absolute Gasteiger partial charge is 0.492 e. The molecule has 13 heteroatoms. The number of aromatic nitrogens is 2. The number of anilines is 4. The monoisotopic (exact) mass is 613 g/mol. The number of nitrogens with one attached hydrogen (secondary N) is 3. The van der Waals surface area contributed by atoms with Crippen molar-refractivity contribution < 1.29 is 28.2 Å². The van der Waals surface area contributed by atoms with Crippen LogP contribution >= 0.6 is 0 Å². The maximum Gasteiger partial charge on any atom is 0.254 e. The molecule has 5 rings (SSSR count). The Kier molecular flexibility index (Phi) is 9.80. The predicted octanol–water partition coefficient (Wildman–Crippen LogP) is 4.00. The summed E-state index contributed by atoms with van der Waals surface area (Å²) in [7, 11) is 0. The summed E-state index contributed by atoms with van der Waals surface area (Å²) >= 11 is 0. The van der Waals surface area contributed by atoms with Crippen molar-refractivity contribution in [3.63, 3.8) is 0 Å². The second-order valence-electron chi connectivity index (χ2n) is 10.0. The van der Waals surface area contributed by atoms with Gasteiger partial charge in [-0.25, -0.2) is 9.37 Å². The topological polar surface area (TPSA) is 161 Å². The van der Waals surface area contributed by atoms with Gasteiger partial charge in [-0.3, -0.25) is 14.4 Å². The molecule has 12 nitrogen and oxygen atoms in total. The minimum atomic E-state index is -0.739. The lowest BCUT2D eigenvalue weighted by atomic mass is 10.1. The third-order valence-electron chi connectivity index (χ3n) is 6.90. The highest BCUT2D eigenvalue weighted by atomic mass is 19.1. The number of carbonyl (C=O) groups excluding carboxylic acids is 3. The van der Waals surface area contributed by atoms with E-state index >= 15 is 0 Å². The number of ether oxygens (including phenoxy) is 2. The van der Waals surface area contributed by atoms with E-state index in [4.69, 9.17) is 15.2 Å². The molecule has 3 amide bonds. The van der Waals surface area contributed by atoms with E-state index in [1.54, 1.807) is 59.5 Å². The molecule has 1 aliphatic heterocycles. The molecular formula is C32H32FN7O5. The zero-order chi connectivity index (χ0) is 31.8. The first-order valence-electron chi connectivity index (χ1n) is 14.3. The first kappa shape index (κ1) is 30.9. The molecule has 4 aromatic rings. The quantitative estimate of drug-likeness (QED) is 0.196. The van der Waals surface area contributed by atoms with Crippen molar-refractivity contribution in [3.05, 3.63) is 101 Å². The van der Waals surface area contributed by atoms with Gasteiger partial charge in [0.1, 0.15) is 22.9 Å². The second kappa shape index (κ2) is 14.3. The van der Waals surface area contributed by atoms with Gasteiger partial charge in [0.15, 0.2) is 0 Å². The zero-order valence-electron chi connectivity index (χ0n) is 24.5. The van der Waals surface area contributed by atoms with Crippen LogP contribution in [0.15, 0.2) is 72.9 Å². The highest BCUT2D eigenvalue weighted by Crippen LogP contribution is 2.31. The predicted molar refractivity (Wildman–Crippen MR) is 165 cm³/mol. The fourth-order valence-electron chi connectivity index (χ4n) is 4.55. The zero-order valence-corrected chi connectivity index (χ0v) is 24.5. The van der Waals surface area contributed by atoms with Gasteiger partial charge in [-0.15, -0.1) is 0 Å². The number of benzene rings is 3. The summed E-state index contributed by atoms with van der Waals surface area (Å²) in [5, 5.41) is 8.95. The molecule has 1 aliphatic rings. The Bertz CT molecular complexity index is 1680. The number of morpholine rings is 1. The minimum Gasteiger partial charge on any atom is -0.492 e. The van der Waals surface area contributed by atoms with Crippen LogP contribution in [-0.2, 0) is 11.3 Å². The Morgan fingerprint density at radius 3 is 2.38 bits per heavy atom. The first-order valence-corrected chi connectivity index (χ1v) is 14.3. The van der Waals surface area contributed by atoms with Crippen LogP contribution in [0, 0.1) is 5.82 Å². The molecule has 0 bridgehead atoms. The van der Waals surface area contributed by atoms with Gasteiger partial charge in [-0.2, -0.15) is 4.98 Å². The Hall–Kier alpha value is -5.56. The number of hydrogen-bond donors (Lipinski definition) is 4. The molecule has 0 aliphatic carbocycles. The normalized spacial score (nSPS) is 12.7. The van der Waals surface area contributed by atoms with Crippen molar-refractivity contribution in [2.45, 2.75) is 13.5 Å². The van der Waals surface area contributed by atoms with Gasteiger partial charge in [0.05, 0.1) is 25.5 Å². The van der Waals surface area contributed by atoms with E-state index in [0.717, 1.165) is 5.56 Å². The standard InChI is InChI=1S/C32H32FN7O5/c1-2-45-27-17-22(31(43)40-13-15-44-16-14-40)7-12-26(27)38-29-25(28(34)41)19-36-32(39-29)37-24-10-5-21(6-11-24)30(42)35-18-20-3-8-23(33)9-4-20/h3-12,17,19H,2,13-16,18H2,1H3,(H2,34,41)(H,35,42)(H2,36,37,38,39). The number of halogens is 1. The smallest absolute Gasteiger partial charge is 0.254 e. The van der Waals surface area contributed by atoms with Crippen molar-refractivity contribution >= 4 is 40.9 Å². The van der Waals surface area contributed by atoms with Gasteiger partial charge in [-0.05, 0) is 67.1 Å². The number of nitrogens with two attached hydrogens (primary N) is 1. The van der Waals surface area contributed by atoms with Crippen LogP contribution in [0.4, 0.5) is 27.5 Å². The van der Waals surface area contributed by atoms with Crippen LogP contribution in [0.3, 0.4) is 0 Å². The fraction of sp³-hybridized carbons (Fsp3) is 0.219. The van der Waals surface area contributed by atoms with Crippen molar-refractivity contribution in [2.24, 2.45) is 5.73 Å². The van der Waals surface area contributed by atoms with E-state index in [9.17, 15) is 18.8 Å². The fourth-order valence-corrected chi connectivity index (χ4v) is 4.55. The van der Waals surface area contributed by atoms with Crippen LogP contribution in [0.1, 0.15) is 43.6 Å². The SMILES string of the molecule is CCOc1cc(C(=O)N2CCOCC2)ccc1Nc1nc(Nc2ccc(C(=O)NCc3ccc(F)cc3)cc2)ncc1C(N)=O. The maximum atomic E-state index is 13.1. The second-order valence-corrected chi connectivity index (χ2v) is 10.0. The molecule has 0 atom stereocenters. The molecule has 232 valence electrons. The molecular weight excluding hydrogens is 581 g/mol. The highest BCUT2D eigenvalue weighted by Gasteiger charge is 2.21. The van der Waals surface area contributed by atoms with Gasteiger partial charge in [-0.1, -0.05) is 12.1 Å². The van der Waals surface area contributed by atoms with E-state index in [0.29, 0.717) is 61.2 Å². The van der Waals surface area contributed by atoms with E-state index in [1.807, 2.05) is 6.92 Å². The van der Waals surface area contributed by atoms with Crippen LogP contribution in [0.25, 0.3) is 0 Å². The van der Waals surface area contributed by atoms with Crippen LogP contribution in [0.5, 0.6) is 5.75 Å². The molecule has 2 heterocycles. The summed E-state index contributed by atoms with van der Waals surface area (Å²) < 4.78 is 24.3. The van der Waals surface area contributed by atoms with Gasteiger partial charge in [0, 0.05) is 42.6 Å². The number of carbonyl (C=O) groups is 3. The van der Waals surface area contributed by atoms with Crippen LogP contribution in [0.2, 0.25) is 0 Å². The van der Waals surface area contributed by atoms with E-state index < -0.39 is 5.91 Å². The summed E-state index contributed by atoms with van der Waals surface area (Å²) in [6.45, 7) is 4.41. The maximum absolute atomic E-state index is 13.1. The summed E-state index contributed by atoms with van der Waals surface area (Å²) in [4.78, 5) is 48.2. The number of rotatable bonds is 11. The molecule has 5 N–H and O–H groups in total. The Labute approximate surface area is 258 Å². The minimum absolute atomic E-state index is 0.0460. The summed E-state index contributed by atoms with van der Waals surface area (Å²) in [5.41, 5.74) is 8.36. The third kappa shape index (κ3) is 7.89. The molecule has 3 aromatic carbocycles. The average Bonchev–Trinajstić information content (AvgIpc) is 3.05. The molecule has 45 heavy (non-hydrogen) atoms. The Morgan fingerprint density at radius 1 is 0.978 bits per heavy atom. The molecule has 1 aromatic heterocycles. The lowest BCUT2D eigenvalue weighted by molar-refractivity contribution is 0.0302. The van der Waals surface area contributed by atoms with E-state index in [1.165, 1.54) is 18.3 Å². The third-order valence-corrected chi connectivity index (χ3v) is 6.90. The van der Waals surface area contributed by atoms with E-state index in [2.05, 4.69) is 25.9 Å². The lowest BCUT2D eigenvalue weighted by Gasteiger charge is -2.27. The highest BCUT2D eigenvalue weighted by molar-refractivity contribution is 5.99. The van der Waals surface area contributed by atoms with Crippen molar-refractivity contribution in [1.82, 2.24) is 20.2 Å². The molecule has 0 spiro atoms. The van der Waals surface area contributed by atoms with E-state index in [-0.39, 0.29) is 41.5 Å². The summed E-state index contributed by atoms with van der Waals surface area (Å²) in [6.07, 6.45) is 1.30. The van der Waals surface area contributed by atoms with Gasteiger partial charge < -0.3 is 36.1 Å². The summed E-state index contributed by atoms with van der Waals surface area (Å²) in [6, 6.07) is 17.5. The number of primary amides is 1. The van der Waals surface area contributed by atoms with Crippen LogP contribution < -0.4 is 26.4 Å². The number of amides is 3. The Morgan fingerprint density at radius 2 is 1.69 bits per heavy atom. The van der Waals surface area contributed by atoms with Gasteiger partial charge in [0.2, 0.25) is 5.95 Å². The molecule has 1 saturated heterocycles. The number of nitrogens with zero attached hydrogens (tertiary/aromatic N) is 3. The molecule has 0 saturated carbocycles. The first-order chi connectivity index (χ1) is 21.8. The van der Waals surface area contributed by atoms with Crippen molar-refractivity contribution in [3.8, 4) is 5.75 Å². The van der Waals surface area contributed by atoms with Crippen molar-refractivity contribution in [2.75, 3.05) is 43.5 Å². The molecule has 0 radical (unpaired) electrons. The van der Waals surface area contributed by atoms with Gasteiger partial charge >= 0.3 is 0 Å². The molecule has 0 unspecified atom stereocenters. The Balaban J connectivity index is 1.30. The van der Waals surface area contributed by atoms with Crippen molar-refractivity contribution in [1.29, 1.82) is 0 Å². The average molecular weight is 614 g/mol. The molecule has 1 fully saturated rings. The summed E-state index contributed by atoms with van der Waals surface area (Å²) in [5.74, 6) is -0.814. The van der Waals surface area contributed by atoms with Crippen LogP contribution in [-0.4, -0.2) is 65.5 Å². The van der Waals surface area contributed by atoms with Gasteiger partial charge in [0.25, 0.3) is 17.7 Å².